The molecule has 0 aliphatic heterocycles. The van der Waals surface area contributed by atoms with Crippen molar-refractivity contribution in [3.63, 3.8) is 0 Å². The lowest BCUT2D eigenvalue weighted by Crippen LogP contribution is -2.30. The maximum atomic E-state index is 13.9. The summed E-state index contributed by atoms with van der Waals surface area (Å²) in [6, 6.07) is 14.4. The van der Waals surface area contributed by atoms with E-state index in [0.717, 1.165) is 5.56 Å². The number of aromatic nitrogens is 3. The molecule has 5 nitrogen and oxygen atoms in total. The molecule has 0 aliphatic rings. The van der Waals surface area contributed by atoms with E-state index in [0.29, 0.717) is 32.9 Å². The zero-order valence-corrected chi connectivity index (χ0v) is 17.8. The molecule has 2 aromatic carbocycles. The number of hydrogen-bond acceptors (Lipinski definition) is 4. The Bertz CT molecular complexity index is 1300. The van der Waals surface area contributed by atoms with Crippen molar-refractivity contribution < 1.29 is 9.50 Å². The highest BCUT2D eigenvalue weighted by Gasteiger charge is 2.20. The van der Waals surface area contributed by atoms with E-state index in [2.05, 4.69) is 4.98 Å². The van der Waals surface area contributed by atoms with E-state index < -0.39 is 11.9 Å². The average molecular weight is 438 g/mol. The molecule has 0 amide bonds. The molecule has 0 spiro atoms. The molecule has 2 heterocycles. The normalized spacial score (nSPS) is 12.5. The maximum Gasteiger partial charge on any atom is 0.261 e. The number of hydrogen-bond donors (Lipinski definition) is 1. The van der Waals surface area contributed by atoms with Crippen LogP contribution in [0, 0.1) is 11.7 Å². The highest BCUT2D eigenvalue weighted by Crippen LogP contribution is 2.30. The van der Waals surface area contributed by atoms with Gasteiger partial charge in [0.05, 0.1) is 35.8 Å². The molecule has 7 heteroatoms. The number of pyridine rings is 1. The predicted octanol–water partition coefficient (Wildman–Crippen LogP) is 5.11. The molecule has 1 unspecified atom stereocenters. The minimum Gasteiger partial charge on any atom is -0.394 e. The van der Waals surface area contributed by atoms with Crippen LogP contribution in [0.3, 0.4) is 0 Å². The van der Waals surface area contributed by atoms with E-state index in [1.807, 2.05) is 26.0 Å². The lowest BCUT2D eigenvalue weighted by molar-refractivity contribution is 0.189. The summed E-state index contributed by atoms with van der Waals surface area (Å²) < 4.78 is 15.4. The number of halogens is 2. The van der Waals surface area contributed by atoms with Crippen molar-refractivity contribution in [3.8, 4) is 22.5 Å². The van der Waals surface area contributed by atoms with E-state index in [1.54, 1.807) is 30.3 Å². The highest BCUT2D eigenvalue weighted by atomic mass is 35.5. The number of nitrogens with zero attached hydrogens (tertiary/aromatic N) is 3. The van der Waals surface area contributed by atoms with Crippen LogP contribution < -0.4 is 5.56 Å². The quantitative estimate of drug-likeness (QED) is 0.471. The van der Waals surface area contributed by atoms with Gasteiger partial charge in [-0.2, -0.15) is 0 Å². The van der Waals surface area contributed by atoms with Crippen LogP contribution in [0.25, 0.3) is 33.4 Å². The molecule has 4 aromatic rings. The molecule has 0 fully saturated rings. The standard InChI is InChI=1S/C24H21ClFN3O2/c1-14(2)21(12-30)29-13-27-23-19(24(29)31)11-20(15-6-8-17(25)9-7-15)28-22(23)16-4-3-5-18(26)10-16/h3-11,13-14,21,30H,12H2,1-2H3. The lowest BCUT2D eigenvalue weighted by Gasteiger charge is -2.21. The number of rotatable bonds is 5. The Hall–Kier alpha value is -3.09. The second-order valence-corrected chi connectivity index (χ2v) is 8.16. The van der Waals surface area contributed by atoms with Gasteiger partial charge in [-0.05, 0) is 36.2 Å². The fraction of sp³-hybridized carbons (Fsp3) is 0.208. The Morgan fingerprint density at radius 2 is 1.84 bits per heavy atom. The Balaban J connectivity index is 2.04. The van der Waals surface area contributed by atoms with Crippen LogP contribution >= 0.6 is 11.6 Å². The van der Waals surface area contributed by atoms with Crippen molar-refractivity contribution in [2.75, 3.05) is 6.61 Å². The Morgan fingerprint density at radius 1 is 1.10 bits per heavy atom. The monoisotopic (exact) mass is 437 g/mol. The van der Waals surface area contributed by atoms with E-state index >= 15 is 0 Å². The van der Waals surface area contributed by atoms with Crippen molar-refractivity contribution >= 4 is 22.5 Å². The number of aliphatic hydroxyl groups excluding tert-OH is 1. The summed E-state index contributed by atoms with van der Waals surface area (Å²) in [5.74, 6) is -0.375. The van der Waals surface area contributed by atoms with Gasteiger partial charge in [0.2, 0.25) is 0 Å². The van der Waals surface area contributed by atoms with Crippen molar-refractivity contribution in [3.05, 3.63) is 82.1 Å². The third kappa shape index (κ3) is 4.09. The molecule has 0 aliphatic carbocycles. The molecule has 158 valence electrons. The SMILES string of the molecule is CC(C)C(CO)n1cnc2c(-c3cccc(F)c3)nc(-c3ccc(Cl)cc3)cc2c1=O. The first-order valence-electron chi connectivity index (χ1n) is 9.93. The van der Waals surface area contributed by atoms with Crippen molar-refractivity contribution in [2.45, 2.75) is 19.9 Å². The van der Waals surface area contributed by atoms with Crippen LogP contribution in [0.15, 0.2) is 65.7 Å². The Labute approximate surface area is 183 Å². The van der Waals surface area contributed by atoms with Crippen LogP contribution in [0.4, 0.5) is 4.39 Å². The number of benzene rings is 2. The van der Waals surface area contributed by atoms with Gasteiger partial charge in [-0.1, -0.05) is 49.7 Å². The molecule has 31 heavy (non-hydrogen) atoms. The largest absolute Gasteiger partial charge is 0.394 e. The molecule has 0 saturated carbocycles. The summed E-state index contributed by atoms with van der Waals surface area (Å²) in [4.78, 5) is 22.6. The first-order chi connectivity index (χ1) is 14.9. The van der Waals surface area contributed by atoms with Gasteiger partial charge in [0.15, 0.2) is 0 Å². The average Bonchev–Trinajstić information content (AvgIpc) is 2.75. The number of aliphatic hydroxyl groups is 1. The summed E-state index contributed by atoms with van der Waals surface area (Å²) in [6.07, 6.45) is 1.43. The molecule has 4 rings (SSSR count). The topological polar surface area (TPSA) is 68.0 Å². The third-order valence-corrected chi connectivity index (χ3v) is 5.57. The summed E-state index contributed by atoms with van der Waals surface area (Å²) >= 11 is 6.02. The molecule has 0 saturated heterocycles. The molecule has 1 N–H and O–H groups in total. The summed E-state index contributed by atoms with van der Waals surface area (Å²) in [7, 11) is 0. The van der Waals surface area contributed by atoms with E-state index in [-0.39, 0.29) is 18.1 Å². The van der Waals surface area contributed by atoms with E-state index in [4.69, 9.17) is 16.6 Å². The highest BCUT2D eigenvalue weighted by molar-refractivity contribution is 6.30. The summed E-state index contributed by atoms with van der Waals surface area (Å²) in [5, 5.41) is 10.7. The second-order valence-electron chi connectivity index (χ2n) is 7.72. The van der Waals surface area contributed by atoms with Crippen molar-refractivity contribution in [2.24, 2.45) is 5.92 Å². The zero-order chi connectivity index (χ0) is 22.1. The Morgan fingerprint density at radius 3 is 2.48 bits per heavy atom. The zero-order valence-electron chi connectivity index (χ0n) is 17.1. The van der Waals surface area contributed by atoms with Gasteiger partial charge >= 0.3 is 0 Å². The summed E-state index contributed by atoms with van der Waals surface area (Å²) in [5.41, 5.74) is 2.34. The Kier molecular flexibility index (Phi) is 5.85. The van der Waals surface area contributed by atoms with E-state index in [1.165, 1.54) is 23.0 Å². The number of fused-ring (bicyclic) bond motifs is 1. The van der Waals surface area contributed by atoms with Gasteiger partial charge in [0, 0.05) is 16.1 Å². The van der Waals surface area contributed by atoms with Gasteiger partial charge in [-0.3, -0.25) is 9.36 Å². The molecular formula is C24H21ClFN3O2. The second kappa shape index (κ2) is 8.57. The maximum absolute atomic E-state index is 13.9. The van der Waals surface area contributed by atoms with Crippen LogP contribution in [0.1, 0.15) is 19.9 Å². The molecule has 0 bridgehead atoms. The summed E-state index contributed by atoms with van der Waals surface area (Å²) in [6.45, 7) is 3.68. The van der Waals surface area contributed by atoms with E-state index in [9.17, 15) is 14.3 Å². The van der Waals surface area contributed by atoms with Gasteiger partial charge in [-0.25, -0.2) is 14.4 Å². The lowest BCUT2D eigenvalue weighted by atomic mass is 10.0. The molecule has 0 radical (unpaired) electrons. The molecule has 1 atom stereocenters. The van der Waals surface area contributed by atoms with Crippen LogP contribution in [-0.4, -0.2) is 26.2 Å². The fourth-order valence-electron chi connectivity index (χ4n) is 3.61. The fourth-order valence-corrected chi connectivity index (χ4v) is 3.73. The van der Waals surface area contributed by atoms with Crippen molar-refractivity contribution in [1.29, 1.82) is 0 Å². The van der Waals surface area contributed by atoms with Crippen LogP contribution in [-0.2, 0) is 0 Å². The minimum absolute atomic E-state index is 0.0298. The minimum atomic E-state index is -0.408. The predicted molar refractivity (Wildman–Crippen MR) is 121 cm³/mol. The van der Waals surface area contributed by atoms with Gasteiger partial charge in [0.25, 0.3) is 5.56 Å². The van der Waals surface area contributed by atoms with Gasteiger partial charge in [0.1, 0.15) is 11.3 Å². The molecule has 2 aromatic heterocycles. The molecular weight excluding hydrogens is 417 g/mol. The van der Waals surface area contributed by atoms with Crippen molar-refractivity contribution in [1.82, 2.24) is 14.5 Å². The van der Waals surface area contributed by atoms with Crippen LogP contribution in [0.2, 0.25) is 5.02 Å². The smallest absolute Gasteiger partial charge is 0.261 e. The van der Waals surface area contributed by atoms with Crippen LogP contribution in [0.5, 0.6) is 0 Å². The first-order valence-corrected chi connectivity index (χ1v) is 10.3. The first kappa shape index (κ1) is 21.2. The van der Waals surface area contributed by atoms with Gasteiger partial charge in [-0.15, -0.1) is 0 Å². The van der Waals surface area contributed by atoms with Gasteiger partial charge < -0.3 is 5.11 Å². The third-order valence-electron chi connectivity index (χ3n) is 5.32.